The molecule has 0 aliphatic heterocycles. The fraction of sp³-hybridized carbons (Fsp3) is 0.545. The zero-order chi connectivity index (χ0) is 14.6. The number of halogens is 4. The van der Waals surface area contributed by atoms with Gasteiger partial charge in [0.05, 0.1) is 11.7 Å². The zero-order valence-corrected chi connectivity index (χ0v) is 12.1. The molecule has 0 saturated carbocycles. The molecule has 1 aromatic heterocycles. The molecular formula is C11H12BrF3O3S. The summed E-state index contributed by atoms with van der Waals surface area (Å²) in [5, 5.41) is 19.2. The normalized spacial score (nSPS) is 13.5. The molecule has 0 bridgehead atoms. The van der Waals surface area contributed by atoms with E-state index in [2.05, 4.69) is 15.9 Å². The molecule has 0 radical (unpaired) electrons. The summed E-state index contributed by atoms with van der Waals surface area (Å²) in [7, 11) is 0. The number of aliphatic hydroxyl groups is 1. The van der Waals surface area contributed by atoms with Crippen molar-refractivity contribution in [2.45, 2.75) is 38.0 Å². The van der Waals surface area contributed by atoms with Crippen LogP contribution in [0, 0.1) is 0 Å². The first-order chi connectivity index (χ1) is 8.73. The van der Waals surface area contributed by atoms with Crippen molar-refractivity contribution >= 4 is 33.2 Å². The third-order valence-corrected chi connectivity index (χ3v) is 4.68. The average Bonchev–Trinajstić information content (AvgIpc) is 2.65. The maximum absolute atomic E-state index is 12.6. The van der Waals surface area contributed by atoms with Crippen LogP contribution in [-0.2, 0) is 11.0 Å². The monoisotopic (exact) mass is 360 g/mol. The number of aliphatic carboxylic acids is 1. The maximum Gasteiger partial charge on any atom is 0.418 e. The van der Waals surface area contributed by atoms with Gasteiger partial charge in [0.15, 0.2) is 0 Å². The van der Waals surface area contributed by atoms with Crippen molar-refractivity contribution in [3.05, 3.63) is 20.3 Å². The number of hydrogen-bond acceptors (Lipinski definition) is 3. The standard InChI is InChI=1S/C11H12BrF3O3S/c12-9-6(11(13,14)15)5-19-10(9)7(16)3-1-2-4-8(17)18/h5,7,16H,1-4H2,(H,17,18). The summed E-state index contributed by atoms with van der Waals surface area (Å²) in [5.41, 5.74) is -0.794. The van der Waals surface area contributed by atoms with Crippen molar-refractivity contribution in [1.29, 1.82) is 0 Å². The smallest absolute Gasteiger partial charge is 0.418 e. The molecule has 1 unspecified atom stereocenters. The lowest BCUT2D eigenvalue weighted by Gasteiger charge is -2.10. The highest BCUT2D eigenvalue weighted by atomic mass is 79.9. The second kappa shape index (κ2) is 6.71. The van der Waals surface area contributed by atoms with E-state index in [4.69, 9.17) is 5.11 Å². The number of rotatable bonds is 6. The van der Waals surface area contributed by atoms with Gasteiger partial charge in [-0.3, -0.25) is 4.79 Å². The Morgan fingerprint density at radius 2 is 2.05 bits per heavy atom. The summed E-state index contributed by atoms with van der Waals surface area (Å²) >= 11 is 3.70. The van der Waals surface area contributed by atoms with Crippen molar-refractivity contribution in [3.63, 3.8) is 0 Å². The number of hydrogen-bond donors (Lipinski definition) is 2. The highest BCUT2D eigenvalue weighted by Crippen LogP contribution is 2.43. The molecule has 19 heavy (non-hydrogen) atoms. The first-order valence-corrected chi connectivity index (χ1v) is 7.14. The number of alkyl halides is 3. The minimum Gasteiger partial charge on any atom is -0.481 e. The summed E-state index contributed by atoms with van der Waals surface area (Å²) in [6.45, 7) is 0. The van der Waals surface area contributed by atoms with Gasteiger partial charge in [-0.1, -0.05) is 0 Å². The van der Waals surface area contributed by atoms with E-state index < -0.39 is 23.8 Å². The number of carbonyl (C=O) groups is 1. The van der Waals surface area contributed by atoms with Gasteiger partial charge in [0.1, 0.15) is 0 Å². The molecule has 8 heteroatoms. The van der Waals surface area contributed by atoms with E-state index >= 15 is 0 Å². The lowest BCUT2D eigenvalue weighted by molar-refractivity contribution is -0.138. The lowest BCUT2D eigenvalue weighted by Crippen LogP contribution is -2.05. The van der Waals surface area contributed by atoms with Crippen LogP contribution in [0.1, 0.15) is 42.2 Å². The minimum absolute atomic E-state index is 0.00781. The van der Waals surface area contributed by atoms with Crippen LogP contribution in [0.4, 0.5) is 13.2 Å². The van der Waals surface area contributed by atoms with Crippen LogP contribution in [0.25, 0.3) is 0 Å². The van der Waals surface area contributed by atoms with Crippen LogP contribution in [0.5, 0.6) is 0 Å². The lowest BCUT2D eigenvalue weighted by atomic mass is 10.1. The van der Waals surface area contributed by atoms with Crippen molar-refractivity contribution in [2.75, 3.05) is 0 Å². The Hall–Kier alpha value is -0.600. The van der Waals surface area contributed by atoms with Gasteiger partial charge in [-0.25, -0.2) is 0 Å². The fourth-order valence-electron chi connectivity index (χ4n) is 1.52. The van der Waals surface area contributed by atoms with Gasteiger partial charge in [0.2, 0.25) is 0 Å². The van der Waals surface area contributed by atoms with Crippen LogP contribution < -0.4 is 0 Å². The van der Waals surface area contributed by atoms with Crippen LogP contribution in [0.3, 0.4) is 0 Å². The van der Waals surface area contributed by atoms with E-state index in [-0.39, 0.29) is 22.2 Å². The quantitative estimate of drug-likeness (QED) is 0.747. The Kier molecular flexibility index (Phi) is 5.82. The molecule has 0 aromatic carbocycles. The Morgan fingerprint density at radius 1 is 1.42 bits per heavy atom. The number of carboxylic acid groups (broad SMARTS) is 1. The third kappa shape index (κ3) is 4.77. The Morgan fingerprint density at radius 3 is 2.53 bits per heavy atom. The van der Waals surface area contributed by atoms with Crippen molar-refractivity contribution in [3.8, 4) is 0 Å². The fourth-order valence-corrected chi connectivity index (χ4v) is 3.54. The maximum atomic E-state index is 12.6. The summed E-state index contributed by atoms with van der Waals surface area (Å²) < 4.78 is 37.5. The third-order valence-electron chi connectivity index (χ3n) is 2.48. The van der Waals surface area contributed by atoms with Gasteiger partial charge in [-0.2, -0.15) is 13.2 Å². The van der Waals surface area contributed by atoms with Crippen molar-refractivity contribution < 1.29 is 28.2 Å². The molecule has 1 aromatic rings. The highest BCUT2D eigenvalue weighted by Gasteiger charge is 2.35. The first-order valence-electron chi connectivity index (χ1n) is 5.47. The molecular weight excluding hydrogens is 349 g/mol. The number of carboxylic acids is 1. The molecule has 0 aliphatic rings. The Balaban J connectivity index is 2.60. The molecule has 0 fully saturated rings. The molecule has 108 valence electrons. The van der Waals surface area contributed by atoms with E-state index in [1.165, 1.54) is 0 Å². The molecule has 1 heterocycles. The second-order valence-corrected chi connectivity index (χ2v) is 5.68. The van der Waals surface area contributed by atoms with Crippen molar-refractivity contribution in [1.82, 2.24) is 0 Å². The topological polar surface area (TPSA) is 57.5 Å². The van der Waals surface area contributed by atoms with E-state index in [0.717, 1.165) is 16.7 Å². The summed E-state index contributed by atoms with van der Waals surface area (Å²) in [6.07, 6.45) is -4.39. The molecule has 2 N–H and O–H groups in total. The van der Waals surface area contributed by atoms with Crippen LogP contribution in [0.2, 0.25) is 0 Å². The number of thiophene rings is 1. The molecule has 0 spiro atoms. The van der Waals surface area contributed by atoms with Crippen LogP contribution in [0.15, 0.2) is 9.85 Å². The largest absolute Gasteiger partial charge is 0.481 e. The summed E-state index contributed by atoms with van der Waals surface area (Å²) in [6, 6.07) is 0. The van der Waals surface area contributed by atoms with Crippen LogP contribution in [-0.4, -0.2) is 16.2 Å². The summed E-state index contributed by atoms with van der Waals surface area (Å²) in [4.78, 5) is 10.5. The van der Waals surface area contributed by atoms with E-state index in [0.29, 0.717) is 12.8 Å². The van der Waals surface area contributed by atoms with Gasteiger partial charge in [-0.05, 0) is 35.2 Å². The molecule has 0 aliphatic carbocycles. The highest BCUT2D eigenvalue weighted by molar-refractivity contribution is 9.10. The molecule has 1 rings (SSSR count). The number of aliphatic hydroxyl groups excluding tert-OH is 1. The summed E-state index contributed by atoms with van der Waals surface area (Å²) in [5.74, 6) is -0.925. The molecule has 1 atom stereocenters. The van der Waals surface area contributed by atoms with Gasteiger partial charge < -0.3 is 10.2 Å². The molecule has 0 amide bonds. The predicted octanol–water partition coefficient (Wildman–Crippen LogP) is 4.21. The van der Waals surface area contributed by atoms with E-state index in [9.17, 15) is 23.1 Å². The number of unbranched alkanes of at least 4 members (excludes halogenated alkanes) is 1. The second-order valence-electron chi connectivity index (χ2n) is 3.98. The average molecular weight is 361 g/mol. The van der Waals surface area contributed by atoms with Gasteiger partial charge in [0, 0.05) is 21.2 Å². The zero-order valence-electron chi connectivity index (χ0n) is 9.71. The van der Waals surface area contributed by atoms with E-state index in [1.54, 1.807) is 0 Å². The Labute approximate surface area is 120 Å². The van der Waals surface area contributed by atoms with Gasteiger partial charge in [-0.15, -0.1) is 11.3 Å². The molecule has 0 saturated heterocycles. The van der Waals surface area contributed by atoms with E-state index in [1.807, 2.05) is 0 Å². The van der Waals surface area contributed by atoms with Crippen LogP contribution >= 0.6 is 27.3 Å². The molecule has 3 nitrogen and oxygen atoms in total. The SMILES string of the molecule is O=C(O)CCCCC(O)c1scc(C(F)(F)F)c1Br. The van der Waals surface area contributed by atoms with Crippen molar-refractivity contribution in [2.24, 2.45) is 0 Å². The predicted molar refractivity (Wildman–Crippen MR) is 68.1 cm³/mol. The minimum atomic E-state index is -4.45. The first kappa shape index (κ1) is 16.5. The van der Waals surface area contributed by atoms with Gasteiger partial charge >= 0.3 is 12.1 Å². The van der Waals surface area contributed by atoms with Gasteiger partial charge in [0.25, 0.3) is 0 Å². The Bertz CT molecular complexity index is 445.